The molecule has 40 heavy (non-hydrogen) atoms. The molecule has 2 fully saturated rings. The first kappa shape index (κ1) is 28.1. The SMILES string of the molecule is Cc1cc(OCC2CCS(=O)(=O)C2)cc(C)c1-c1cccc(COc2ccc(C3(OCC(=O)O)COC3)cc2)c1. The fraction of sp³-hybridized carbons (Fsp3) is 0.387. The first-order valence-corrected chi connectivity index (χ1v) is 15.2. The molecule has 5 rings (SSSR count). The quantitative estimate of drug-likeness (QED) is 0.356. The van der Waals surface area contributed by atoms with Crippen LogP contribution in [0.25, 0.3) is 11.1 Å². The van der Waals surface area contributed by atoms with Crippen LogP contribution in [-0.4, -0.2) is 57.4 Å². The highest BCUT2D eigenvalue weighted by Gasteiger charge is 2.42. The number of rotatable bonds is 11. The standard InChI is InChI=1S/C31H34O8S/c1-21-12-28(38-16-24-10-11-40(34,35)18-24)13-22(2)30(21)25-5-3-4-23(14-25)15-37-27-8-6-26(7-9-27)31(19-36-20-31)39-17-29(32)33/h3-9,12-14,24H,10-11,15-20H2,1-2H3,(H,32,33). The Labute approximate surface area is 234 Å². The largest absolute Gasteiger partial charge is 0.493 e. The minimum absolute atomic E-state index is 0.0526. The predicted octanol–water partition coefficient (Wildman–Crippen LogP) is 4.69. The van der Waals surface area contributed by atoms with Crippen molar-refractivity contribution in [1.82, 2.24) is 0 Å². The summed E-state index contributed by atoms with van der Waals surface area (Å²) in [5.41, 5.74) is 5.55. The third-order valence-electron chi connectivity index (χ3n) is 7.46. The summed E-state index contributed by atoms with van der Waals surface area (Å²) in [5.74, 6) is 0.960. The summed E-state index contributed by atoms with van der Waals surface area (Å²) in [6.45, 7) is 5.18. The van der Waals surface area contributed by atoms with Crippen molar-refractivity contribution in [3.05, 3.63) is 82.9 Å². The topological polar surface area (TPSA) is 108 Å². The van der Waals surface area contributed by atoms with Crippen LogP contribution in [0.4, 0.5) is 0 Å². The van der Waals surface area contributed by atoms with Crippen molar-refractivity contribution in [3.8, 4) is 22.6 Å². The van der Waals surface area contributed by atoms with E-state index in [1.54, 1.807) is 0 Å². The van der Waals surface area contributed by atoms with Gasteiger partial charge in [-0.1, -0.05) is 30.3 Å². The molecule has 2 saturated heterocycles. The smallest absolute Gasteiger partial charge is 0.329 e. The monoisotopic (exact) mass is 566 g/mol. The average molecular weight is 567 g/mol. The van der Waals surface area contributed by atoms with Gasteiger partial charge in [0.2, 0.25) is 0 Å². The van der Waals surface area contributed by atoms with E-state index in [2.05, 4.69) is 26.0 Å². The van der Waals surface area contributed by atoms with Gasteiger partial charge in [0.1, 0.15) is 30.3 Å². The van der Waals surface area contributed by atoms with Crippen LogP contribution in [0.1, 0.15) is 28.7 Å². The molecule has 0 radical (unpaired) electrons. The molecule has 0 amide bonds. The van der Waals surface area contributed by atoms with E-state index in [-0.39, 0.29) is 24.0 Å². The highest BCUT2D eigenvalue weighted by atomic mass is 32.2. The number of aliphatic carboxylic acids is 1. The summed E-state index contributed by atoms with van der Waals surface area (Å²) in [4.78, 5) is 10.9. The van der Waals surface area contributed by atoms with E-state index in [9.17, 15) is 13.2 Å². The molecule has 1 atom stereocenters. The zero-order valence-electron chi connectivity index (χ0n) is 22.7. The molecule has 0 saturated carbocycles. The number of hydrogen-bond acceptors (Lipinski definition) is 7. The second-order valence-corrected chi connectivity index (χ2v) is 12.9. The van der Waals surface area contributed by atoms with E-state index in [4.69, 9.17) is 24.1 Å². The maximum atomic E-state index is 11.7. The number of carboxylic acids is 1. The van der Waals surface area contributed by atoms with Crippen LogP contribution in [0.5, 0.6) is 11.5 Å². The van der Waals surface area contributed by atoms with E-state index in [1.807, 2.05) is 48.5 Å². The molecule has 0 bridgehead atoms. The molecule has 212 valence electrons. The molecular formula is C31H34O8S. The number of ether oxygens (including phenoxy) is 4. The molecule has 9 heteroatoms. The van der Waals surface area contributed by atoms with Crippen molar-refractivity contribution >= 4 is 15.8 Å². The summed E-state index contributed by atoms with van der Waals surface area (Å²) in [7, 11) is -2.91. The maximum Gasteiger partial charge on any atom is 0.329 e. The molecule has 0 aromatic heterocycles. The number of aryl methyl sites for hydroxylation is 2. The minimum Gasteiger partial charge on any atom is -0.493 e. The zero-order chi connectivity index (χ0) is 28.3. The van der Waals surface area contributed by atoms with Crippen molar-refractivity contribution in [2.24, 2.45) is 5.92 Å². The number of sulfone groups is 1. The summed E-state index contributed by atoms with van der Waals surface area (Å²) in [6, 6.07) is 19.7. The first-order chi connectivity index (χ1) is 19.1. The minimum atomic E-state index is -2.91. The third kappa shape index (κ3) is 6.49. The number of carboxylic acid groups (broad SMARTS) is 1. The van der Waals surface area contributed by atoms with Crippen LogP contribution in [-0.2, 0) is 36.3 Å². The van der Waals surface area contributed by atoms with E-state index in [1.165, 1.54) is 0 Å². The lowest BCUT2D eigenvalue weighted by atomic mass is 9.91. The lowest BCUT2D eigenvalue weighted by Crippen LogP contribution is -2.49. The maximum absolute atomic E-state index is 11.7. The normalized spacial score (nSPS) is 19.1. The first-order valence-electron chi connectivity index (χ1n) is 13.3. The second-order valence-electron chi connectivity index (χ2n) is 10.7. The predicted molar refractivity (Wildman–Crippen MR) is 150 cm³/mol. The summed E-state index contributed by atoms with van der Waals surface area (Å²) >= 11 is 0. The van der Waals surface area contributed by atoms with E-state index in [0.29, 0.717) is 38.6 Å². The van der Waals surface area contributed by atoms with Crippen molar-refractivity contribution in [2.45, 2.75) is 32.5 Å². The molecule has 2 heterocycles. The van der Waals surface area contributed by atoms with Crippen molar-refractivity contribution < 1.29 is 37.3 Å². The van der Waals surface area contributed by atoms with Gasteiger partial charge in [0.25, 0.3) is 0 Å². The molecular weight excluding hydrogens is 532 g/mol. The van der Waals surface area contributed by atoms with Gasteiger partial charge in [-0.2, -0.15) is 0 Å². The Morgan fingerprint density at radius 2 is 1.73 bits per heavy atom. The molecule has 1 N–H and O–H groups in total. The summed E-state index contributed by atoms with van der Waals surface area (Å²) in [5, 5.41) is 8.97. The molecule has 1 unspecified atom stereocenters. The summed E-state index contributed by atoms with van der Waals surface area (Å²) in [6.07, 6.45) is 0.661. The molecule has 3 aromatic carbocycles. The van der Waals surface area contributed by atoms with Gasteiger partial charge in [-0.25, -0.2) is 13.2 Å². The Hall–Kier alpha value is -3.40. The number of carbonyl (C=O) groups is 1. The fourth-order valence-corrected chi connectivity index (χ4v) is 7.18. The highest BCUT2D eigenvalue weighted by Crippen LogP contribution is 2.35. The average Bonchev–Trinajstić information content (AvgIpc) is 3.24. The third-order valence-corrected chi connectivity index (χ3v) is 9.30. The molecule has 8 nitrogen and oxygen atoms in total. The molecule has 2 aliphatic heterocycles. The lowest BCUT2D eigenvalue weighted by Gasteiger charge is -2.41. The van der Waals surface area contributed by atoms with Gasteiger partial charge in [0, 0.05) is 5.92 Å². The molecule has 0 spiro atoms. The van der Waals surface area contributed by atoms with Crippen LogP contribution in [0.2, 0.25) is 0 Å². The van der Waals surface area contributed by atoms with Gasteiger partial charge in [-0.3, -0.25) is 0 Å². The van der Waals surface area contributed by atoms with Crippen LogP contribution in [0.3, 0.4) is 0 Å². The van der Waals surface area contributed by atoms with Crippen LogP contribution in [0, 0.1) is 19.8 Å². The Morgan fingerprint density at radius 1 is 1.00 bits per heavy atom. The van der Waals surface area contributed by atoms with Crippen molar-refractivity contribution in [1.29, 1.82) is 0 Å². The molecule has 0 aliphatic carbocycles. The Morgan fingerprint density at radius 3 is 2.33 bits per heavy atom. The van der Waals surface area contributed by atoms with Crippen molar-refractivity contribution in [2.75, 3.05) is 37.9 Å². The Kier molecular flexibility index (Phi) is 8.16. The zero-order valence-corrected chi connectivity index (χ0v) is 23.5. The van der Waals surface area contributed by atoms with Crippen LogP contribution in [0.15, 0.2) is 60.7 Å². The highest BCUT2D eigenvalue weighted by molar-refractivity contribution is 7.91. The van der Waals surface area contributed by atoms with Crippen molar-refractivity contribution in [3.63, 3.8) is 0 Å². The Balaban J connectivity index is 1.22. The van der Waals surface area contributed by atoms with Gasteiger partial charge in [0.15, 0.2) is 9.84 Å². The number of hydrogen-bond donors (Lipinski definition) is 1. The molecule has 3 aromatic rings. The van der Waals surface area contributed by atoms with Gasteiger partial charge in [0.05, 0.1) is 31.3 Å². The van der Waals surface area contributed by atoms with Crippen LogP contribution < -0.4 is 9.47 Å². The Bertz CT molecular complexity index is 1450. The van der Waals surface area contributed by atoms with E-state index < -0.39 is 21.4 Å². The fourth-order valence-electron chi connectivity index (χ4n) is 5.34. The van der Waals surface area contributed by atoms with Crippen LogP contribution >= 0.6 is 0 Å². The summed E-state index contributed by atoms with van der Waals surface area (Å²) < 4.78 is 46.4. The van der Waals surface area contributed by atoms with E-state index >= 15 is 0 Å². The number of benzene rings is 3. The van der Waals surface area contributed by atoms with Gasteiger partial charge < -0.3 is 24.1 Å². The van der Waals surface area contributed by atoms with Gasteiger partial charge in [-0.15, -0.1) is 0 Å². The lowest BCUT2D eigenvalue weighted by molar-refractivity contribution is -0.220. The van der Waals surface area contributed by atoms with Gasteiger partial charge in [-0.05, 0) is 84.0 Å². The molecule has 2 aliphatic rings. The second kappa shape index (κ2) is 11.6. The van der Waals surface area contributed by atoms with E-state index in [0.717, 1.165) is 39.1 Å². The van der Waals surface area contributed by atoms with Gasteiger partial charge >= 0.3 is 5.97 Å².